The van der Waals surface area contributed by atoms with E-state index in [2.05, 4.69) is 4.98 Å². The lowest BCUT2D eigenvalue weighted by molar-refractivity contribution is -0.156. The summed E-state index contributed by atoms with van der Waals surface area (Å²) in [5, 5.41) is 0.968. The Kier molecular flexibility index (Phi) is 4.86. The highest BCUT2D eigenvalue weighted by molar-refractivity contribution is 5.97. The lowest BCUT2D eigenvalue weighted by atomic mass is 9.79. The summed E-state index contributed by atoms with van der Waals surface area (Å²) in [6.07, 6.45) is 0.609. The number of likely N-dealkylation sites (tertiary alicyclic amines) is 1. The molecular formula is C22H28N2O4. The van der Waals surface area contributed by atoms with Crippen LogP contribution in [0.3, 0.4) is 0 Å². The maximum atomic E-state index is 12.9. The Labute approximate surface area is 165 Å². The number of aromatic amines is 1. The van der Waals surface area contributed by atoms with Crippen molar-refractivity contribution in [2.45, 2.75) is 65.5 Å². The van der Waals surface area contributed by atoms with E-state index in [9.17, 15) is 14.4 Å². The maximum absolute atomic E-state index is 12.9. The van der Waals surface area contributed by atoms with Crippen LogP contribution in [0.5, 0.6) is 0 Å². The van der Waals surface area contributed by atoms with Crippen molar-refractivity contribution in [3.63, 3.8) is 0 Å². The van der Waals surface area contributed by atoms with Crippen molar-refractivity contribution in [1.29, 1.82) is 0 Å². The number of nitrogens with zero attached hydrogens (tertiary/aromatic N) is 1. The minimum Gasteiger partial charge on any atom is -0.452 e. The normalized spacial score (nSPS) is 18.4. The van der Waals surface area contributed by atoms with Crippen LogP contribution < -0.4 is 0 Å². The first-order chi connectivity index (χ1) is 12.9. The molecule has 0 atom stereocenters. The molecule has 150 valence electrons. The molecule has 6 heteroatoms. The molecule has 1 aromatic heterocycles. The van der Waals surface area contributed by atoms with Gasteiger partial charge in [-0.25, -0.2) is 4.79 Å². The number of esters is 1. The Morgan fingerprint density at radius 3 is 2.32 bits per heavy atom. The highest BCUT2D eigenvalue weighted by atomic mass is 16.5. The van der Waals surface area contributed by atoms with Gasteiger partial charge in [0, 0.05) is 40.5 Å². The average Bonchev–Trinajstić information content (AvgIpc) is 2.84. The summed E-state index contributed by atoms with van der Waals surface area (Å²) in [6, 6.07) is 5.32. The number of H-pyrrole nitrogens is 1. The van der Waals surface area contributed by atoms with Crippen molar-refractivity contribution in [3.8, 4) is 0 Å². The molecule has 0 unspecified atom stereocenters. The zero-order valence-corrected chi connectivity index (χ0v) is 17.4. The number of ether oxygens (including phenoxy) is 1. The van der Waals surface area contributed by atoms with Crippen molar-refractivity contribution in [2.75, 3.05) is 6.61 Å². The number of carbonyl (C=O) groups excluding carboxylic acids is 3. The SMILES string of the molecule is Cc1[nH]c2ccc(C(=O)OCC(=O)N3C(C)(C)CC(=O)CC3(C)C)cc2c1C. The van der Waals surface area contributed by atoms with Gasteiger partial charge in [0.05, 0.1) is 5.56 Å². The summed E-state index contributed by atoms with van der Waals surface area (Å²) < 4.78 is 5.33. The number of carbonyl (C=O) groups is 3. The van der Waals surface area contributed by atoms with Crippen LogP contribution in [0.4, 0.5) is 0 Å². The zero-order valence-electron chi connectivity index (χ0n) is 17.4. The quantitative estimate of drug-likeness (QED) is 0.819. The van der Waals surface area contributed by atoms with Crippen molar-refractivity contribution in [3.05, 3.63) is 35.0 Å². The third kappa shape index (κ3) is 3.55. The molecular weight excluding hydrogens is 356 g/mol. The van der Waals surface area contributed by atoms with Crippen LogP contribution in [0.1, 0.15) is 62.2 Å². The second-order valence-corrected chi connectivity index (χ2v) is 8.96. The molecule has 0 saturated carbocycles. The number of benzene rings is 1. The summed E-state index contributed by atoms with van der Waals surface area (Å²) in [7, 11) is 0. The van der Waals surface area contributed by atoms with E-state index in [0.29, 0.717) is 18.4 Å². The number of nitrogens with one attached hydrogen (secondary N) is 1. The first kappa shape index (κ1) is 20.1. The van der Waals surface area contributed by atoms with Crippen LogP contribution in [0.25, 0.3) is 10.9 Å². The summed E-state index contributed by atoms with van der Waals surface area (Å²) in [5.41, 5.74) is 2.29. The number of rotatable bonds is 3. The van der Waals surface area contributed by atoms with Gasteiger partial charge in [-0.1, -0.05) is 0 Å². The second-order valence-electron chi connectivity index (χ2n) is 8.96. The number of hydrogen-bond acceptors (Lipinski definition) is 4. The topological polar surface area (TPSA) is 79.5 Å². The number of fused-ring (bicyclic) bond motifs is 1. The fraction of sp³-hybridized carbons (Fsp3) is 0.500. The molecule has 28 heavy (non-hydrogen) atoms. The molecule has 1 aliphatic rings. The lowest BCUT2D eigenvalue weighted by Crippen LogP contribution is -2.63. The van der Waals surface area contributed by atoms with Gasteiger partial charge < -0.3 is 14.6 Å². The number of hydrogen-bond donors (Lipinski definition) is 1. The Bertz CT molecular complexity index is 948. The van der Waals surface area contributed by atoms with Gasteiger partial charge >= 0.3 is 5.97 Å². The van der Waals surface area contributed by atoms with E-state index in [1.165, 1.54) is 0 Å². The molecule has 0 aliphatic carbocycles. The molecule has 1 aromatic carbocycles. The molecule has 1 aliphatic heterocycles. The molecule has 1 N–H and O–H groups in total. The maximum Gasteiger partial charge on any atom is 0.338 e. The van der Waals surface area contributed by atoms with Crippen LogP contribution in [0.15, 0.2) is 18.2 Å². The molecule has 2 aromatic rings. The number of aromatic nitrogens is 1. The molecule has 0 radical (unpaired) electrons. The van der Waals surface area contributed by atoms with Gasteiger partial charge in [0.25, 0.3) is 5.91 Å². The Hall–Kier alpha value is -2.63. The third-order valence-electron chi connectivity index (χ3n) is 5.59. The van der Waals surface area contributed by atoms with Crippen LogP contribution in [0, 0.1) is 13.8 Å². The fourth-order valence-corrected chi connectivity index (χ4v) is 4.54. The van der Waals surface area contributed by atoms with Gasteiger partial charge in [0.2, 0.25) is 0 Å². The van der Waals surface area contributed by atoms with Crippen molar-refractivity contribution in [2.24, 2.45) is 0 Å². The van der Waals surface area contributed by atoms with Gasteiger partial charge in [-0.05, 0) is 65.3 Å². The first-order valence-corrected chi connectivity index (χ1v) is 9.53. The third-order valence-corrected chi connectivity index (χ3v) is 5.59. The predicted octanol–water partition coefficient (Wildman–Crippen LogP) is 3.69. The smallest absolute Gasteiger partial charge is 0.338 e. The largest absolute Gasteiger partial charge is 0.452 e. The summed E-state index contributed by atoms with van der Waals surface area (Å²) in [6.45, 7) is 11.1. The average molecular weight is 384 g/mol. The summed E-state index contributed by atoms with van der Waals surface area (Å²) in [4.78, 5) is 42.4. The predicted molar refractivity (Wildman–Crippen MR) is 107 cm³/mol. The van der Waals surface area contributed by atoms with Crippen LogP contribution in [-0.4, -0.2) is 45.2 Å². The van der Waals surface area contributed by atoms with Gasteiger partial charge in [0.15, 0.2) is 6.61 Å². The standard InChI is InChI=1S/C22H28N2O4/c1-13-14(2)23-18-8-7-15(9-17(13)18)20(27)28-12-19(26)24-21(3,4)10-16(25)11-22(24,5)6/h7-9,23H,10-12H2,1-6H3. The van der Waals surface area contributed by atoms with Gasteiger partial charge in [-0.2, -0.15) is 0 Å². The van der Waals surface area contributed by atoms with Crippen LogP contribution in [0.2, 0.25) is 0 Å². The van der Waals surface area contributed by atoms with Crippen molar-refractivity contribution >= 4 is 28.6 Å². The molecule has 0 bridgehead atoms. The van der Waals surface area contributed by atoms with E-state index < -0.39 is 17.0 Å². The molecule has 0 spiro atoms. The van der Waals surface area contributed by atoms with Crippen molar-refractivity contribution in [1.82, 2.24) is 9.88 Å². The van der Waals surface area contributed by atoms with E-state index in [-0.39, 0.29) is 18.3 Å². The first-order valence-electron chi connectivity index (χ1n) is 9.53. The van der Waals surface area contributed by atoms with E-state index in [1.807, 2.05) is 47.6 Å². The zero-order chi connectivity index (χ0) is 20.9. The number of amides is 1. The minimum atomic E-state index is -0.610. The molecule has 1 fully saturated rings. The Morgan fingerprint density at radius 1 is 1.11 bits per heavy atom. The van der Waals surface area contributed by atoms with Crippen molar-refractivity contribution < 1.29 is 19.1 Å². The van der Waals surface area contributed by atoms with E-state index in [1.54, 1.807) is 17.0 Å². The number of piperidine rings is 1. The minimum absolute atomic E-state index is 0.140. The molecule has 6 nitrogen and oxygen atoms in total. The lowest BCUT2D eigenvalue weighted by Gasteiger charge is -2.51. The molecule has 3 rings (SSSR count). The van der Waals surface area contributed by atoms with E-state index in [0.717, 1.165) is 22.2 Å². The Morgan fingerprint density at radius 2 is 1.71 bits per heavy atom. The monoisotopic (exact) mass is 384 g/mol. The molecule has 1 amide bonds. The fourth-order valence-electron chi connectivity index (χ4n) is 4.54. The van der Waals surface area contributed by atoms with E-state index >= 15 is 0 Å². The molecule has 1 saturated heterocycles. The van der Waals surface area contributed by atoms with Crippen LogP contribution >= 0.6 is 0 Å². The van der Waals surface area contributed by atoms with Gasteiger partial charge in [-0.15, -0.1) is 0 Å². The highest BCUT2D eigenvalue weighted by Crippen LogP contribution is 2.36. The number of ketones is 1. The number of aryl methyl sites for hydroxylation is 2. The summed E-state index contributed by atoms with van der Waals surface area (Å²) in [5.74, 6) is -0.677. The Balaban J connectivity index is 1.74. The highest BCUT2D eigenvalue weighted by Gasteiger charge is 2.47. The summed E-state index contributed by atoms with van der Waals surface area (Å²) >= 11 is 0. The van der Waals surface area contributed by atoms with Gasteiger partial charge in [0.1, 0.15) is 5.78 Å². The second kappa shape index (κ2) is 6.76. The van der Waals surface area contributed by atoms with E-state index in [4.69, 9.17) is 4.74 Å². The van der Waals surface area contributed by atoms with Crippen LogP contribution in [-0.2, 0) is 14.3 Å². The molecule has 2 heterocycles. The van der Waals surface area contributed by atoms with Gasteiger partial charge in [-0.3, -0.25) is 9.59 Å². The number of Topliss-reactive ketones (excluding diaryl/α,β-unsaturated/α-hetero) is 1.